The summed E-state index contributed by atoms with van der Waals surface area (Å²) in [5, 5.41) is 12.5. The summed E-state index contributed by atoms with van der Waals surface area (Å²) in [5.74, 6) is -1.09. The normalized spacial score (nSPS) is 11.0. The molecule has 0 aliphatic heterocycles. The van der Waals surface area contributed by atoms with Gasteiger partial charge in [0.2, 0.25) is 0 Å². The molecule has 6 nitrogen and oxygen atoms in total. The average molecular weight is 508 g/mol. The number of ketones is 1. The Morgan fingerprint density at radius 2 is 1.85 bits per heavy atom. The van der Waals surface area contributed by atoms with Gasteiger partial charge in [0.15, 0.2) is 5.78 Å². The number of pyridine rings is 1. The zero-order valence-corrected chi connectivity index (χ0v) is 18.8. The molecule has 0 spiro atoms. The minimum atomic E-state index is -4.72. The number of methoxy groups -OCH3 is 1. The Labute approximate surface area is 201 Å². The van der Waals surface area contributed by atoms with Crippen molar-refractivity contribution in [2.24, 2.45) is 0 Å². The van der Waals surface area contributed by atoms with Crippen LogP contribution in [-0.2, 0) is 10.9 Å². The third-order valence-corrected chi connectivity index (χ3v) is 5.38. The molecule has 11 heteroatoms. The fourth-order valence-corrected chi connectivity index (χ4v) is 3.54. The number of nitrogens with one attached hydrogen (secondary N) is 1. The van der Waals surface area contributed by atoms with E-state index in [9.17, 15) is 28.0 Å². The van der Waals surface area contributed by atoms with E-state index in [1.54, 1.807) is 12.1 Å². The molecular formula is C23H14Cl2F3N3O3. The molecule has 34 heavy (non-hydrogen) atoms. The van der Waals surface area contributed by atoms with Crippen LogP contribution < -0.4 is 5.32 Å². The van der Waals surface area contributed by atoms with E-state index in [0.717, 1.165) is 6.20 Å². The number of ether oxygens (including phenoxy) is 1. The second-order valence-corrected chi connectivity index (χ2v) is 7.66. The van der Waals surface area contributed by atoms with Crippen LogP contribution in [-0.4, -0.2) is 30.4 Å². The number of aromatic nitrogens is 1. The van der Waals surface area contributed by atoms with Crippen molar-refractivity contribution < 1.29 is 27.5 Å². The molecule has 0 bridgehead atoms. The molecule has 2 aromatic carbocycles. The van der Waals surface area contributed by atoms with Crippen molar-refractivity contribution in [2.45, 2.75) is 6.18 Å². The van der Waals surface area contributed by atoms with Crippen LogP contribution in [0.1, 0.15) is 32.0 Å². The number of nitrogens with zero attached hydrogens (tertiary/aromatic N) is 2. The molecule has 0 saturated heterocycles. The third kappa shape index (κ3) is 5.30. The van der Waals surface area contributed by atoms with Crippen LogP contribution in [0.5, 0.6) is 0 Å². The van der Waals surface area contributed by atoms with E-state index in [4.69, 9.17) is 27.9 Å². The maximum Gasteiger partial charge on any atom is 0.433 e. The van der Waals surface area contributed by atoms with Gasteiger partial charge in [0.25, 0.3) is 0 Å². The van der Waals surface area contributed by atoms with E-state index in [1.165, 1.54) is 37.4 Å². The van der Waals surface area contributed by atoms with Crippen molar-refractivity contribution >= 4 is 40.6 Å². The SMILES string of the molecule is COC(=O)c1cccc(Cl)c1NCC(=O)c1ccc(Cl)c(-c2cnc(C(F)(F)F)cc2C#N)c1. The Morgan fingerprint density at radius 1 is 1.12 bits per heavy atom. The van der Waals surface area contributed by atoms with Gasteiger partial charge in [-0.25, -0.2) is 4.79 Å². The number of carbonyl (C=O) groups excluding carboxylic acids is 2. The second-order valence-electron chi connectivity index (χ2n) is 6.85. The zero-order chi connectivity index (χ0) is 25.0. The van der Waals surface area contributed by atoms with Gasteiger partial charge in [-0.2, -0.15) is 18.4 Å². The number of carbonyl (C=O) groups is 2. The van der Waals surface area contributed by atoms with Gasteiger partial charge >= 0.3 is 12.1 Å². The van der Waals surface area contributed by atoms with Crippen molar-refractivity contribution in [3.63, 3.8) is 0 Å². The van der Waals surface area contributed by atoms with E-state index in [1.807, 2.05) is 0 Å². The Kier molecular flexibility index (Phi) is 7.44. The number of hydrogen-bond donors (Lipinski definition) is 1. The van der Waals surface area contributed by atoms with Crippen molar-refractivity contribution in [1.82, 2.24) is 4.98 Å². The van der Waals surface area contributed by atoms with Crippen LogP contribution in [0.4, 0.5) is 18.9 Å². The molecule has 1 heterocycles. The lowest BCUT2D eigenvalue weighted by molar-refractivity contribution is -0.141. The van der Waals surface area contributed by atoms with E-state index in [0.29, 0.717) is 6.07 Å². The largest absolute Gasteiger partial charge is 0.465 e. The zero-order valence-electron chi connectivity index (χ0n) is 17.3. The van der Waals surface area contributed by atoms with E-state index < -0.39 is 23.6 Å². The van der Waals surface area contributed by atoms with E-state index in [-0.39, 0.29) is 50.1 Å². The third-order valence-electron chi connectivity index (χ3n) is 4.74. The van der Waals surface area contributed by atoms with Crippen molar-refractivity contribution in [3.8, 4) is 17.2 Å². The summed E-state index contributed by atoms with van der Waals surface area (Å²) in [5.41, 5.74) is -0.818. The number of esters is 1. The lowest BCUT2D eigenvalue weighted by atomic mass is 9.98. The number of alkyl halides is 3. The van der Waals surface area contributed by atoms with Crippen LogP contribution in [0.2, 0.25) is 10.0 Å². The summed E-state index contributed by atoms with van der Waals surface area (Å²) in [6.45, 7) is -0.273. The molecule has 0 unspecified atom stereocenters. The lowest BCUT2D eigenvalue weighted by Crippen LogP contribution is -2.17. The Morgan fingerprint density at radius 3 is 2.50 bits per heavy atom. The lowest BCUT2D eigenvalue weighted by Gasteiger charge is -2.13. The van der Waals surface area contributed by atoms with Gasteiger partial charge in [-0.1, -0.05) is 29.3 Å². The van der Waals surface area contributed by atoms with Crippen LogP contribution in [0.3, 0.4) is 0 Å². The molecule has 3 aromatic rings. The topological polar surface area (TPSA) is 92.1 Å². The molecule has 1 aromatic heterocycles. The molecule has 0 saturated carbocycles. The Hall–Kier alpha value is -3.61. The van der Waals surface area contributed by atoms with Crippen LogP contribution >= 0.6 is 23.2 Å². The minimum absolute atomic E-state index is 0.0437. The Bertz CT molecular complexity index is 1320. The van der Waals surface area contributed by atoms with E-state index >= 15 is 0 Å². The summed E-state index contributed by atoms with van der Waals surface area (Å²) < 4.78 is 43.6. The highest BCUT2D eigenvalue weighted by Crippen LogP contribution is 2.35. The first kappa shape index (κ1) is 25.0. The van der Waals surface area contributed by atoms with Gasteiger partial charge in [0, 0.05) is 27.9 Å². The van der Waals surface area contributed by atoms with Gasteiger partial charge in [0.05, 0.1) is 41.6 Å². The fourth-order valence-electron chi connectivity index (χ4n) is 3.08. The molecule has 0 aliphatic carbocycles. The van der Waals surface area contributed by atoms with Crippen molar-refractivity contribution in [3.05, 3.63) is 81.1 Å². The number of benzene rings is 2. The van der Waals surface area contributed by atoms with Crippen LogP contribution in [0, 0.1) is 11.3 Å². The highest BCUT2D eigenvalue weighted by molar-refractivity contribution is 6.34. The summed E-state index contributed by atoms with van der Waals surface area (Å²) in [4.78, 5) is 28.2. The molecule has 0 atom stereocenters. The first-order chi connectivity index (χ1) is 16.1. The van der Waals surface area contributed by atoms with E-state index in [2.05, 4.69) is 10.3 Å². The monoisotopic (exact) mass is 507 g/mol. The van der Waals surface area contributed by atoms with Gasteiger partial charge in [0.1, 0.15) is 5.69 Å². The van der Waals surface area contributed by atoms with Gasteiger partial charge in [-0.05, 0) is 36.4 Å². The average Bonchev–Trinajstić information content (AvgIpc) is 2.81. The molecule has 3 rings (SSSR count). The first-order valence-corrected chi connectivity index (χ1v) is 10.2. The number of halogens is 5. The highest BCUT2D eigenvalue weighted by atomic mass is 35.5. The quantitative estimate of drug-likeness (QED) is 0.323. The molecule has 0 radical (unpaired) electrons. The number of Topliss-reactive ketones (excluding diaryl/α,β-unsaturated/α-hetero) is 1. The van der Waals surface area contributed by atoms with Crippen molar-refractivity contribution in [2.75, 3.05) is 19.0 Å². The van der Waals surface area contributed by atoms with Gasteiger partial charge in [-0.3, -0.25) is 9.78 Å². The van der Waals surface area contributed by atoms with Crippen LogP contribution in [0.15, 0.2) is 48.7 Å². The van der Waals surface area contributed by atoms with Crippen LogP contribution in [0.25, 0.3) is 11.1 Å². The van der Waals surface area contributed by atoms with Gasteiger partial charge in [-0.15, -0.1) is 0 Å². The minimum Gasteiger partial charge on any atom is -0.465 e. The smallest absolute Gasteiger partial charge is 0.433 e. The fraction of sp³-hybridized carbons (Fsp3) is 0.130. The molecule has 0 aliphatic rings. The standard InChI is InChI=1S/C23H14Cl2F3N3O3/c1-34-22(33)14-3-2-4-18(25)21(14)31-11-19(32)12-5-6-17(24)15(7-12)16-10-30-20(23(26,27)28)8-13(16)9-29/h2-8,10,31H,11H2,1H3. The maximum absolute atomic E-state index is 13.0. The summed E-state index contributed by atoms with van der Waals surface area (Å²) in [6, 6.07) is 11.0. The number of nitriles is 1. The number of hydrogen-bond acceptors (Lipinski definition) is 6. The summed E-state index contributed by atoms with van der Waals surface area (Å²) in [6.07, 6.45) is -3.83. The van der Waals surface area contributed by atoms with Gasteiger partial charge < -0.3 is 10.1 Å². The summed E-state index contributed by atoms with van der Waals surface area (Å²) in [7, 11) is 1.21. The van der Waals surface area contributed by atoms with Crippen molar-refractivity contribution in [1.29, 1.82) is 5.26 Å². The molecule has 0 fully saturated rings. The predicted molar refractivity (Wildman–Crippen MR) is 120 cm³/mol. The number of anilines is 1. The molecule has 1 N–H and O–H groups in total. The number of rotatable bonds is 6. The number of para-hydroxylation sites is 1. The molecule has 0 amide bonds. The molecule has 174 valence electrons. The first-order valence-electron chi connectivity index (χ1n) is 9.48. The Balaban J connectivity index is 1.92. The second kappa shape index (κ2) is 10.1. The molecular weight excluding hydrogens is 494 g/mol. The maximum atomic E-state index is 13.0. The predicted octanol–water partition coefficient (Wildman–Crippen LogP) is 6.03. The summed E-state index contributed by atoms with van der Waals surface area (Å²) >= 11 is 12.4. The highest BCUT2D eigenvalue weighted by Gasteiger charge is 2.33.